The van der Waals surface area contributed by atoms with Crippen molar-refractivity contribution in [2.45, 2.75) is 0 Å². The lowest BCUT2D eigenvalue weighted by Crippen LogP contribution is -2.14. The summed E-state index contributed by atoms with van der Waals surface area (Å²) in [6, 6.07) is 12.8. The Labute approximate surface area is 121 Å². The van der Waals surface area contributed by atoms with Crippen LogP contribution in [0.3, 0.4) is 0 Å². The Morgan fingerprint density at radius 1 is 1.24 bits per heavy atom. The fourth-order valence-electron chi connectivity index (χ4n) is 1.79. The van der Waals surface area contributed by atoms with E-state index < -0.39 is 4.92 Å². The predicted octanol–water partition coefficient (Wildman–Crippen LogP) is 2.90. The highest BCUT2D eigenvalue weighted by atomic mass is 16.6. The molecule has 2 aromatic carbocycles. The molecule has 0 unspecified atom stereocenters. The number of nitro groups is 1. The van der Waals surface area contributed by atoms with Crippen LogP contribution in [0, 0.1) is 10.1 Å². The SMILES string of the molecule is COc1ccc(NCC(=O)c2cccc([N+](=O)[O-])c2)cc1. The molecule has 0 fully saturated rings. The molecule has 0 atom stereocenters. The molecule has 1 N–H and O–H groups in total. The molecular weight excluding hydrogens is 272 g/mol. The van der Waals surface area contributed by atoms with Crippen LogP contribution in [0.15, 0.2) is 48.5 Å². The van der Waals surface area contributed by atoms with E-state index in [1.54, 1.807) is 37.4 Å². The molecule has 0 bridgehead atoms. The van der Waals surface area contributed by atoms with E-state index in [9.17, 15) is 14.9 Å². The van der Waals surface area contributed by atoms with Gasteiger partial charge in [-0.25, -0.2) is 0 Å². The van der Waals surface area contributed by atoms with Gasteiger partial charge in [0.2, 0.25) is 0 Å². The number of ketones is 1. The van der Waals surface area contributed by atoms with E-state index in [1.807, 2.05) is 0 Å². The molecule has 21 heavy (non-hydrogen) atoms. The van der Waals surface area contributed by atoms with Gasteiger partial charge in [0.15, 0.2) is 5.78 Å². The van der Waals surface area contributed by atoms with Crippen LogP contribution >= 0.6 is 0 Å². The van der Waals surface area contributed by atoms with Crippen LogP contribution in [-0.2, 0) is 0 Å². The van der Waals surface area contributed by atoms with Crippen LogP contribution in [0.2, 0.25) is 0 Å². The number of ether oxygens (including phenoxy) is 1. The number of rotatable bonds is 6. The molecule has 6 heteroatoms. The number of non-ortho nitro benzene ring substituents is 1. The molecule has 0 spiro atoms. The van der Waals surface area contributed by atoms with Crippen molar-refractivity contribution in [2.75, 3.05) is 19.0 Å². The van der Waals surface area contributed by atoms with Gasteiger partial charge < -0.3 is 10.1 Å². The molecule has 0 heterocycles. The van der Waals surface area contributed by atoms with E-state index in [4.69, 9.17) is 4.74 Å². The molecule has 0 aromatic heterocycles. The number of hydrogen-bond acceptors (Lipinski definition) is 5. The molecular formula is C15H14N2O4. The van der Waals surface area contributed by atoms with Crippen LogP contribution in [0.5, 0.6) is 5.75 Å². The van der Waals surface area contributed by atoms with E-state index >= 15 is 0 Å². The zero-order valence-electron chi connectivity index (χ0n) is 11.4. The number of benzene rings is 2. The van der Waals surface area contributed by atoms with E-state index in [0.717, 1.165) is 11.4 Å². The van der Waals surface area contributed by atoms with Gasteiger partial charge in [-0.3, -0.25) is 14.9 Å². The lowest BCUT2D eigenvalue weighted by Gasteiger charge is -2.06. The minimum Gasteiger partial charge on any atom is -0.497 e. The number of nitrogens with one attached hydrogen (secondary N) is 1. The number of nitrogens with zero attached hydrogens (tertiary/aromatic N) is 1. The number of carbonyl (C=O) groups excluding carboxylic acids is 1. The first kappa shape index (κ1) is 14.5. The highest BCUT2D eigenvalue weighted by molar-refractivity contribution is 5.99. The van der Waals surface area contributed by atoms with Crippen LogP contribution in [-0.4, -0.2) is 24.4 Å². The zero-order chi connectivity index (χ0) is 15.2. The molecule has 0 radical (unpaired) electrons. The van der Waals surface area contributed by atoms with E-state index in [1.165, 1.54) is 18.2 Å². The summed E-state index contributed by atoms with van der Waals surface area (Å²) in [6.45, 7) is 0.0630. The minimum absolute atomic E-state index is 0.0630. The lowest BCUT2D eigenvalue weighted by molar-refractivity contribution is -0.384. The lowest BCUT2D eigenvalue weighted by atomic mass is 10.1. The molecule has 108 valence electrons. The summed E-state index contributed by atoms with van der Waals surface area (Å²) in [5.74, 6) is 0.514. The summed E-state index contributed by atoms with van der Waals surface area (Å²) in [6.07, 6.45) is 0. The first-order valence-corrected chi connectivity index (χ1v) is 6.26. The van der Waals surface area contributed by atoms with Crippen molar-refractivity contribution in [3.05, 3.63) is 64.2 Å². The molecule has 0 saturated heterocycles. The van der Waals surface area contributed by atoms with Crippen LogP contribution in [0.25, 0.3) is 0 Å². The third kappa shape index (κ3) is 3.79. The van der Waals surface area contributed by atoms with Gasteiger partial charge in [-0.15, -0.1) is 0 Å². The average molecular weight is 286 g/mol. The van der Waals surface area contributed by atoms with E-state index in [0.29, 0.717) is 5.56 Å². The third-order valence-electron chi connectivity index (χ3n) is 2.92. The van der Waals surface area contributed by atoms with Crippen molar-refractivity contribution in [3.8, 4) is 5.75 Å². The first-order valence-electron chi connectivity index (χ1n) is 6.26. The number of anilines is 1. The maximum Gasteiger partial charge on any atom is 0.270 e. The van der Waals surface area contributed by atoms with Gasteiger partial charge in [-0.05, 0) is 24.3 Å². The average Bonchev–Trinajstić information content (AvgIpc) is 2.53. The highest BCUT2D eigenvalue weighted by Crippen LogP contribution is 2.16. The zero-order valence-corrected chi connectivity index (χ0v) is 11.4. The largest absolute Gasteiger partial charge is 0.497 e. The van der Waals surface area contributed by atoms with Crippen molar-refractivity contribution in [3.63, 3.8) is 0 Å². The van der Waals surface area contributed by atoms with Gasteiger partial charge in [-0.1, -0.05) is 12.1 Å². The molecule has 2 aromatic rings. The Kier molecular flexibility index (Phi) is 4.50. The second-order valence-corrected chi connectivity index (χ2v) is 4.31. The molecule has 0 aliphatic carbocycles. The standard InChI is InChI=1S/C15H14N2O4/c1-21-14-7-5-12(6-8-14)16-10-15(18)11-3-2-4-13(9-11)17(19)20/h2-9,16H,10H2,1H3. The topological polar surface area (TPSA) is 81.5 Å². The summed E-state index contributed by atoms with van der Waals surface area (Å²) < 4.78 is 5.04. The van der Waals surface area contributed by atoms with Gasteiger partial charge in [0, 0.05) is 23.4 Å². The third-order valence-corrected chi connectivity index (χ3v) is 2.92. The fraction of sp³-hybridized carbons (Fsp3) is 0.133. The second-order valence-electron chi connectivity index (χ2n) is 4.31. The monoisotopic (exact) mass is 286 g/mol. The first-order chi connectivity index (χ1) is 10.1. The van der Waals surface area contributed by atoms with Gasteiger partial charge in [0.1, 0.15) is 5.75 Å². The van der Waals surface area contributed by atoms with Gasteiger partial charge in [0.25, 0.3) is 5.69 Å². The Hall–Kier alpha value is -2.89. The van der Waals surface area contributed by atoms with Crippen molar-refractivity contribution in [1.29, 1.82) is 0 Å². The molecule has 6 nitrogen and oxygen atoms in total. The Morgan fingerprint density at radius 3 is 2.57 bits per heavy atom. The van der Waals surface area contributed by atoms with Crippen molar-refractivity contribution >= 4 is 17.2 Å². The van der Waals surface area contributed by atoms with Crippen LogP contribution < -0.4 is 10.1 Å². The number of nitro benzene ring substituents is 1. The highest BCUT2D eigenvalue weighted by Gasteiger charge is 2.11. The molecule has 0 aliphatic rings. The molecule has 0 aliphatic heterocycles. The normalized spacial score (nSPS) is 9.95. The van der Waals surface area contributed by atoms with Crippen molar-refractivity contribution in [1.82, 2.24) is 0 Å². The Balaban J connectivity index is 2.00. The van der Waals surface area contributed by atoms with Gasteiger partial charge in [0.05, 0.1) is 18.6 Å². The Bertz CT molecular complexity index is 653. The quantitative estimate of drug-likeness (QED) is 0.501. The van der Waals surface area contributed by atoms with Crippen LogP contribution in [0.4, 0.5) is 11.4 Å². The summed E-state index contributed by atoms with van der Waals surface area (Å²) in [7, 11) is 1.58. The van der Waals surface area contributed by atoms with Crippen LogP contribution in [0.1, 0.15) is 10.4 Å². The molecule has 0 saturated carbocycles. The number of methoxy groups -OCH3 is 1. The minimum atomic E-state index is -0.520. The second kappa shape index (κ2) is 6.51. The predicted molar refractivity (Wildman–Crippen MR) is 78.9 cm³/mol. The van der Waals surface area contributed by atoms with Gasteiger partial charge in [-0.2, -0.15) is 0 Å². The smallest absolute Gasteiger partial charge is 0.270 e. The van der Waals surface area contributed by atoms with Crippen molar-refractivity contribution in [2.24, 2.45) is 0 Å². The molecule has 0 amide bonds. The summed E-state index contributed by atoms with van der Waals surface area (Å²) in [4.78, 5) is 22.2. The number of carbonyl (C=O) groups is 1. The summed E-state index contributed by atoms with van der Waals surface area (Å²) >= 11 is 0. The maximum absolute atomic E-state index is 12.0. The van der Waals surface area contributed by atoms with Crippen molar-refractivity contribution < 1.29 is 14.5 Å². The summed E-state index contributed by atoms with van der Waals surface area (Å²) in [5.41, 5.74) is 0.991. The maximum atomic E-state index is 12.0. The Morgan fingerprint density at radius 2 is 1.95 bits per heavy atom. The number of Topliss-reactive ketones (excluding diaryl/α,β-unsaturated/α-hetero) is 1. The van der Waals surface area contributed by atoms with E-state index in [2.05, 4.69) is 5.32 Å². The number of hydrogen-bond donors (Lipinski definition) is 1. The van der Waals surface area contributed by atoms with Gasteiger partial charge >= 0.3 is 0 Å². The fourth-order valence-corrected chi connectivity index (χ4v) is 1.79. The summed E-state index contributed by atoms with van der Waals surface area (Å²) in [5, 5.41) is 13.7. The van der Waals surface area contributed by atoms with E-state index in [-0.39, 0.29) is 18.0 Å². The molecule has 2 rings (SSSR count).